The average molecular weight is 404 g/mol. The van der Waals surface area contributed by atoms with E-state index in [-0.39, 0.29) is 22.8 Å². The number of hydrogen-bond acceptors (Lipinski definition) is 4. The van der Waals surface area contributed by atoms with Crippen molar-refractivity contribution in [3.8, 4) is 0 Å². The molecule has 0 radical (unpaired) electrons. The van der Waals surface area contributed by atoms with Crippen molar-refractivity contribution in [3.63, 3.8) is 0 Å². The van der Waals surface area contributed by atoms with Crippen LogP contribution in [0.25, 0.3) is 0 Å². The van der Waals surface area contributed by atoms with Crippen LogP contribution in [0.3, 0.4) is 0 Å². The summed E-state index contributed by atoms with van der Waals surface area (Å²) in [5.74, 6) is -0.207. The summed E-state index contributed by atoms with van der Waals surface area (Å²) in [4.78, 5) is 12.4. The zero-order chi connectivity index (χ0) is 21.1. The maximum atomic E-state index is 12.4. The van der Waals surface area contributed by atoms with Gasteiger partial charge in [0, 0.05) is 25.5 Å². The fourth-order valence-electron chi connectivity index (χ4n) is 2.63. The minimum absolute atomic E-state index is 0.0333. The predicted molar refractivity (Wildman–Crippen MR) is 114 cm³/mol. The van der Waals surface area contributed by atoms with Gasteiger partial charge in [-0.15, -0.1) is 0 Å². The molecule has 0 unspecified atom stereocenters. The van der Waals surface area contributed by atoms with Crippen molar-refractivity contribution < 1.29 is 13.2 Å². The van der Waals surface area contributed by atoms with Crippen LogP contribution in [0.5, 0.6) is 0 Å². The highest BCUT2D eigenvalue weighted by atomic mass is 32.2. The zero-order valence-electron chi connectivity index (χ0n) is 17.3. The van der Waals surface area contributed by atoms with Gasteiger partial charge in [0.25, 0.3) is 0 Å². The number of hydrogen-bond donors (Lipinski definition) is 2. The third kappa shape index (κ3) is 5.33. The minimum atomic E-state index is -3.54. The van der Waals surface area contributed by atoms with Gasteiger partial charge in [-0.05, 0) is 47.7 Å². The van der Waals surface area contributed by atoms with Crippen LogP contribution < -0.4 is 10.6 Å². The molecule has 0 saturated heterocycles. The van der Waals surface area contributed by atoms with E-state index in [1.165, 1.54) is 24.0 Å². The molecule has 0 aliphatic rings. The van der Waals surface area contributed by atoms with Crippen LogP contribution >= 0.6 is 0 Å². The second-order valence-electron chi connectivity index (χ2n) is 8.00. The molecule has 1 amide bonds. The molecule has 7 heteroatoms. The summed E-state index contributed by atoms with van der Waals surface area (Å²) in [5, 5.41) is 5.82. The summed E-state index contributed by atoms with van der Waals surface area (Å²) in [6, 6.07) is 12.8. The van der Waals surface area contributed by atoms with Gasteiger partial charge in [-0.2, -0.15) is 0 Å². The van der Waals surface area contributed by atoms with Crippen molar-refractivity contribution in [1.82, 2.24) is 4.31 Å². The molecule has 2 N–H and O–H groups in total. The summed E-state index contributed by atoms with van der Waals surface area (Å²) < 4.78 is 26.0. The Balaban J connectivity index is 2.03. The summed E-state index contributed by atoms with van der Waals surface area (Å²) in [6.45, 7) is 8.18. The minimum Gasteiger partial charge on any atom is -0.376 e. The number of nitrogens with one attached hydrogen (secondary N) is 2. The molecule has 2 aromatic rings. The van der Waals surface area contributed by atoms with Crippen molar-refractivity contribution in [1.29, 1.82) is 0 Å². The van der Waals surface area contributed by atoms with Crippen LogP contribution in [0.15, 0.2) is 47.4 Å². The first-order valence-electron chi connectivity index (χ1n) is 9.09. The lowest BCUT2D eigenvalue weighted by Gasteiger charge is -2.19. The van der Waals surface area contributed by atoms with Gasteiger partial charge in [-0.25, -0.2) is 12.7 Å². The Kier molecular flexibility index (Phi) is 6.52. The average Bonchev–Trinajstić information content (AvgIpc) is 2.60. The zero-order valence-corrected chi connectivity index (χ0v) is 18.1. The normalized spacial score (nSPS) is 12.1. The molecule has 2 aromatic carbocycles. The molecule has 0 fully saturated rings. The molecule has 0 spiro atoms. The monoisotopic (exact) mass is 403 g/mol. The molecule has 0 heterocycles. The number of benzene rings is 2. The van der Waals surface area contributed by atoms with E-state index in [0.29, 0.717) is 11.3 Å². The molecule has 0 aromatic heterocycles. The molecular formula is C21H29N3O3S. The van der Waals surface area contributed by atoms with Gasteiger partial charge < -0.3 is 10.6 Å². The Bertz CT molecular complexity index is 944. The molecule has 0 saturated carbocycles. The van der Waals surface area contributed by atoms with Crippen molar-refractivity contribution in [2.75, 3.05) is 31.3 Å². The lowest BCUT2D eigenvalue weighted by atomic mass is 9.87. The molecule has 152 valence electrons. The highest BCUT2D eigenvalue weighted by Gasteiger charge is 2.20. The molecular weight excluding hydrogens is 374 g/mol. The standard InChI is InChI=1S/C21H29N3O3S/c1-15-7-10-18(13-19(15)28(26,27)24(5)6)22-14-20(25)23-17-11-8-16(9-12-17)21(2,3)4/h7-13,22H,14H2,1-6H3,(H,23,25). The first-order chi connectivity index (χ1) is 12.9. The first-order valence-corrected chi connectivity index (χ1v) is 10.5. The maximum absolute atomic E-state index is 12.4. The number of nitrogens with zero attached hydrogens (tertiary/aromatic N) is 1. The quantitative estimate of drug-likeness (QED) is 0.773. The van der Waals surface area contributed by atoms with Crippen molar-refractivity contribution in [2.24, 2.45) is 0 Å². The predicted octanol–water partition coefficient (Wildman–Crippen LogP) is 3.59. The fourth-order valence-corrected chi connectivity index (χ4v) is 3.77. The van der Waals surface area contributed by atoms with E-state index in [2.05, 4.69) is 31.4 Å². The number of aryl methyl sites for hydroxylation is 1. The lowest BCUT2D eigenvalue weighted by Crippen LogP contribution is -2.24. The molecule has 28 heavy (non-hydrogen) atoms. The number of carbonyl (C=O) groups is 1. The number of anilines is 2. The Labute approximate surface area is 168 Å². The van der Waals surface area contributed by atoms with Gasteiger partial charge in [0.2, 0.25) is 15.9 Å². The topological polar surface area (TPSA) is 78.5 Å². The summed E-state index contributed by atoms with van der Waals surface area (Å²) in [5.41, 5.74) is 3.20. The Hall–Kier alpha value is -2.38. The SMILES string of the molecule is Cc1ccc(NCC(=O)Nc2ccc(C(C)(C)C)cc2)cc1S(=O)(=O)N(C)C. The van der Waals surface area contributed by atoms with Gasteiger partial charge >= 0.3 is 0 Å². The second kappa shape index (κ2) is 8.32. The maximum Gasteiger partial charge on any atom is 0.243 e. The second-order valence-corrected chi connectivity index (χ2v) is 10.1. The van der Waals surface area contributed by atoms with E-state index < -0.39 is 10.0 Å². The smallest absolute Gasteiger partial charge is 0.243 e. The highest BCUT2D eigenvalue weighted by molar-refractivity contribution is 7.89. The van der Waals surface area contributed by atoms with Gasteiger partial charge in [-0.3, -0.25) is 4.79 Å². The summed E-state index contributed by atoms with van der Waals surface area (Å²) in [7, 11) is -0.554. The van der Waals surface area contributed by atoms with E-state index in [0.717, 1.165) is 5.69 Å². The molecule has 0 aliphatic carbocycles. The molecule has 0 bridgehead atoms. The van der Waals surface area contributed by atoms with Gasteiger partial charge in [-0.1, -0.05) is 39.0 Å². The first kappa shape index (κ1) is 21.9. The molecule has 0 aliphatic heterocycles. The van der Waals surface area contributed by atoms with Crippen LogP contribution in [-0.2, 0) is 20.2 Å². The molecule has 0 atom stereocenters. The van der Waals surface area contributed by atoms with Gasteiger partial charge in [0.1, 0.15) is 0 Å². The van der Waals surface area contributed by atoms with Crippen LogP contribution in [0.1, 0.15) is 31.9 Å². The van der Waals surface area contributed by atoms with Crippen LogP contribution in [0, 0.1) is 6.92 Å². The summed E-state index contributed by atoms with van der Waals surface area (Å²) >= 11 is 0. The van der Waals surface area contributed by atoms with Crippen LogP contribution in [-0.4, -0.2) is 39.3 Å². The van der Waals surface area contributed by atoms with E-state index in [9.17, 15) is 13.2 Å². The Morgan fingerprint density at radius 3 is 2.11 bits per heavy atom. The van der Waals surface area contributed by atoms with E-state index >= 15 is 0 Å². The van der Waals surface area contributed by atoms with Crippen LogP contribution in [0.2, 0.25) is 0 Å². The van der Waals surface area contributed by atoms with Crippen molar-refractivity contribution >= 4 is 27.3 Å². The van der Waals surface area contributed by atoms with Gasteiger partial charge in [0.15, 0.2) is 0 Å². The number of amides is 1. The van der Waals surface area contributed by atoms with Crippen LogP contribution in [0.4, 0.5) is 11.4 Å². The third-order valence-electron chi connectivity index (χ3n) is 4.43. The number of sulfonamides is 1. The third-order valence-corrected chi connectivity index (χ3v) is 6.39. The number of rotatable bonds is 6. The Morgan fingerprint density at radius 1 is 1.00 bits per heavy atom. The lowest BCUT2D eigenvalue weighted by molar-refractivity contribution is -0.114. The molecule has 2 rings (SSSR count). The highest BCUT2D eigenvalue weighted by Crippen LogP contribution is 2.24. The van der Waals surface area contributed by atoms with Crippen molar-refractivity contribution in [2.45, 2.75) is 38.0 Å². The van der Waals surface area contributed by atoms with E-state index in [4.69, 9.17) is 0 Å². The largest absolute Gasteiger partial charge is 0.376 e. The Morgan fingerprint density at radius 2 is 1.57 bits per heavy atom. The van der Waals surface area contributed by atoms with Gasteiger partial charge in [0.05, 0.1) is 11.4 Å². The summed E-state index contributed by atoms with van der Waals surface area (Å²) in [6.07, 6.45) is 0. The number of carbonyl (C=O) groups excluding carboxylic acids is 1. The van der Waals surface area contributed by atoms with E-state index in [1.807, 2.05) is 24.3 Å². The fraction of sp³-hybridized carbons (Fsp3) is 0.381. The van der Waals surface area contributed by atoms with E-state index in [1.54, 1.807) is 25.1 Å². The van der Waals surface area contributed by atoms with Crippen molar-refractivity contribution in [3.05, 3.63) is 53.6 Å². The molecule has 6 nitrogen and oxygen atoms in total.